The van der Waals surface area contributed by atoms with Crippen LogP contribution < -0.4 is 4.90 Å². The number of piperidine rings is 2. The molecule has 0 bridgehead atoms. The van der Waals surface area contributed by atoms with Gasteiger partial charge in [0.15, 0.2) is 0 Å². The summed E-state index contributed by atoms with van der Waals surface area (Å²) in [5, 5.41) is 0. The fourth-order valence-corrected chi connectivity index (χ4v) is 3.99. The molecule has 2 saturated heterocycles. The van der Waals surface area contributed by atoms with Crippen molar-refractivity contribution in [3.05, 3.63) is 23.4 Å². The summed E-state index contributed by atoms with van der Waals surface area (Å²) < 4.78 is 5.65. The molecule has 0 radical (unpaired) electrons. The van der Waals surface area contributed by atoms with Crippen molar-refractivity contribution in [3.8, 4) is 0 Å². The van der Waals surface area contributed by atoms with Gasteiger partial charge in [-0.3, -0.25) is 0 Å². The second-order valence-corrected chi connectivity index (χ2v) is 8.63. The molecule has 1 aromatic heterocycles. The predicted octanol–water partition coefficient (Wildman–Crippen LogP) is 4.84. The zero-order chi connectivity index (χ0) is 18.7. The second kappa shape index (κ2) is 7.85. The van der Waals surface area contributed by atoms with Gasteiger partial charge in [0.05, 0.1) is 6.04 Å². The number of hydrogen-bond donors (Lipinski definition) is 0. The smallest absolute Gasteiger partial charge is 0.410 e. The Morgan fingerprint density at radius 1 is 1.12 bits per heavy atom. The maximum atomic E-state index is 12.7. The average Bonchev–Trinajstić information content (AvgIpc) is 2.61. The highest BCUT2D eigenvalue weighted by Crippen LogP contribution is 2.34. The molecule has 2 aliphatic heterocycles. The van der Waals surface area contributed by atoms with Crippen molar-refractivity contribution in [3.63, 3.8) is 0 Å². The molecule has 144 valence electrons. The van der Waals surface area contributed by atoms with Crippen molar-refractivity contribution >= 4 is 11.9 Å². The molecule has 3 heterocycles. The third-order valence-corrected chi connectivity index (χ3v) is 5.31. The van der Waals surface area contributed by atoms with Crippen molar-refractivity contribution in [1.82, 2.24) is 9.88 Å². The molecule has 1 amide bonds. The maximum absolute atomic E-state index is 12.7. The standard InChI is InChI=1S/C21H33N3O2/c1-16-14-19(23-11-7-5-8-12-23)22-15-17(16)18-10-6-9-13-24(18)20(25)26-21(2,3)4/h14-15,18H,5-13H2,1-4H3. The zero-order valence-electron chi connectivity index (χ0n) is 16.8. The van der Waals surface area contributed by atoms with Gasteiger partial charge in [-0.1, -0.05) is 0 Å². The molecule has 0 saturated carbocycles. The lowest BCUT2D eigenvalue weighted by Gasteiger charge is -2.37. The Labute approximate surface area is 157 Å². The first-order chi connectivity index (χ1) is 12.3. The van der Waals surface area contributed by atoms with Crippen LogP contribution >= 0.6 is 0 Å². The zero-order valence-corrected chi connectivity index (χ0v) is 16.8. The van der Waals surface area contributed by atoms with Crippen molar-refractivity contribution in [2.24, 2.45) is 0 Å². The first-order valence-electron chi connectivity index (χ1n) is 10.1. The third kappa shape index (κ3) is 4.49. The number of likely N-dealkylation sites (tertiary alicyclic amines) is 1. The quantitative estimate of drug-likeness (QED) is 0.758. The Bertz CT molecular complexity index is 633. The van der Waals surface area contributed by atoms with Gasteiger partial charge in [-0.25, -0.2) is 9.78 Å². The van der Waals surface area contributed by atoms with Gasteiger partial charge in [0.1, 0.15) is 11.4 Å². The molecule has 0 N–H and O–H groups in total. The minimum atomic E-state index is -0.468. The van der Waals surface area contributed by atoms with Gasteiger partial charge in [-0.2, -0.15) is 0 Å². The SMILES string of the molecule is Cc1cc(N2CCCCC2)ncc1C1CCCCN1C(=O)OC(C)(C)C. The number of carbonyl (C=O) groups is 1. The van der Waals surface area contributed by atoms with E-state index in [2.05, 4.69) is 17.9 Å². The van der Waals surface area contributed by atoms with Crippen LogP contribution in [-0.4, -0.2) is 41.2 Å². The summed E-state index contributed by atoms with van der Waals surface area (Å²) in [4.78, 5) is 21.7. The van der Waals surface area contributed by atoms with E-state index in [1.54, 1.807) is 0 Å². The number of ether oxygens (including phenoxy) is 1. The van der Waals surface area contributed by atoms with Crippen LogP contribution in [0.4, 0.5) is 10.6 Å². The minimum Gasteiger partial charge on any atom is -0.444 e. The lowest BCUT2D eigenvalue weighted by molar-refractivity contribution is 0.00942. The summed E-state index contributed by atoms with van der Waals surface area (Å²) >= 11 is 0. The van der Waals surface area contributed by atoms with E-state index in [-0.39, 0.29) is 12.1 Å². The first-order valence-corrected chi connectivity index (χ1v) is 10.1. The Morgan fingerprint density at radius 3 is 2.46 bits per heavy atom. The lowest BCUT2D eigenvalue weighted by Crippen LogP contribution is -2.42. The van der Waals surface area contributed by atoms with Crippen LogP contribution in [0.2, 0.25) is 0 Å². The molecule has 0 aliphatic carbocycles. The Kier molecular flexibility index (Phi) is 5.73. The largest absolute Gasteiger partial charge is 0.444 e. The van der Waals surface area contributed by atoms with Crippen LogP contribution in [0.1, 0.15) is 76.5 Å². The normalized spacial score (nSPS) is 21.6. The van der Waals surface area contributed by atoms with Gasteiger partial charge in [0.25, 0.3) is 0 Å². The molecule has 0 aromatic carbocycles. The summed E-state index contributed by atoms with van der Waals surface area (Å²) in [6.07, 6.45) is 8.75. The number of carbonyl (C=O) groups excluding carboxylic acids is 1. The Balaban J connectivity index is 1.79. The van der Waals surface area contributed by atoms with Crippen LogP contribution in [0, 0.1) is 6.92 Å². The van der Waals surface area contributed by atoms with E-state index in [1.165, 1.54) is 24.8 Å². The molecule has 1 atom stereocenters. The summed E-state index contributed by atoms with van der Waals surface area (Å²) in [5.74, 6) is 1.07. The van der Waals surface area contributed by atoms with Gasteiger partial charge < -0.3 is 14.5 Å². The van der Waals surface area contributed by atoms with E-state index < -0.39 is 5.60 Å². The van der Waals surface area contributed by atoms with Crippen LogP contribution in [0.25, 0.3) is 0 Å². The molecular weight excluding hydrogens is 326 g/mol. The number of amides is 1. The van der Waals surface area contributed by atoms with Crippen LogP contribution in [0.5, 0.6) is 0 Å². The van der Waals surface area contributed by atoms with Crippen LogP contribution in [0.15, 0.2) is 12.3 Å². The van der Waals surface area contributed by atoms with Crippen molar-refractivity contribution in [2.75, 3.05) is 24.5 Å². The second-order valence-electron chi connectivity index (χ2n) is 8.63. The summed E-state index contributed by atoms with van der Waals surface area (Å²) in [5.41, 5.74) is 1.92. The number of rotatable bonds is 2. The number of anilines is 1. The predicted molar refractivity (Wildman–Crippen MR) is 105 cm³/mol. The van der Waals surface area contributed by atoms with Gasteiger partial charge in [-0.15, -0.1) is 0 Å². The van der Waals surface area contributed by atoms with Gasteiger partial charge in [0, 0.05) is 25.8 Å². The lowest BCUT2D eigenvalue weighted by atomic mass is 9.94. The maximum Gasteiger partial charge on any atom is 0.410 e. The fourth-order valence-electron chi connectivity index (χ4n) is 3.99. The summed E-state index contributed by atoms with van der Waals surface area (Å²) in [6, 6.07) is 2.27. The molecule has 2 fully saturated rings. The summed E-state index contributed by atoms with van der Waals surface area (Å²) in [6.45, 7) is 10.9. The van der Waals surface area contributed by atoms with Crippen molar-refractivity contribution in [2.45, 2.75) is 77.9 Å². The highest BCUT2D eigenvalue weighted by Gasteiger charge is 2.32. The molecular formula is C21H33N3O2. The number of hydrogen-bond acceptors (Lipinski definition) is 4. The monoisotopic (exact) mass is 359 g/mol. The molecule has 5 nitrogen and oxygen atoms in total. The highest BCUT2D eigenvalue weighted by atomic mass is 16.6. The number of aromatic nitrogens is 1. The molecule has 1 aromatic rings. The Hall–Kier alpha value is -1.78. The molecule has 2 aliphatic rings. The molecule has 5 heteroatoms. The average molecular weight is 360 g/mol. The molecule has 3 rings (SSSR count). The van der Waals surface area contributed by atoms with Gasteiger partial charge in [-0.05, 0) is 83.4 Å². The molecule has 0 spiro atoms. The first kappa shape index (κ1) is 19.0. The van der Waals surface area contributed by atoms with Crippen molar-refractivity contribution in [1.29, 1.82) is 0 Å². The van der Waals surface area contributed by atoms with Gasteiger partial charge in [0.2, 0.25) is 0 Å². The van der Waals surface area contributed by atoms with E-state index in [1.807, 2.05) is 31.9 Å². The highest BCUT2D eigenvalue weighted by molar-refractivity contribution is 5.69. The van der Waals surface area contributed by atoms with Gasteiger partial charge >= 0.3 is 6.09 Å². The number of pyridine rings is 1. The fraction of sp³-hybridized carbons (Fsp3) is 0.714. The molecule has 26 heavy (non-hydrogen) atoms. The van der Waals surface area contributed by atoms with Crippen LogP contribution in [-0.2, 0) is 4.74 Å². The molecule has 1 unspecified atom stereocenters. The van der Waals surface area contributed by atoms with E-state index in [9.17, 15) is 4.79 Å². The third-order valence-electron chi connectivity index (χ3n) is 5.31. The minimum absolute atomic E-state index is 0.0708. The summed E-state index contributed by atoms with van der Waals surface area (Å²) in [7, 11) is 0. The van der Waals surface area contributed by atoms with E-state index >= 15 is 0 Å². The number of nitrogens with zero attached hydrogens (tertiary/aromatic N) is 3. The Morgan fingerprint density at radius 2 is 1.81 bits per heavy atom. The number of aryl methyl sites for hydroxylation is 1. The van der Waals surface area contributed by atoms with Crippen molar-refractivity contribution < 1.29 is 9.53 Å². The van der Waals surface area contributed by atoms with Crippen LogP contribution in [0.3, 0.4) is 0 Å². The van der Waals surface area contributed by atoms with E-state index in [0.717, 1.165) is 50.3 Å². The topological polar surface area (TPSA) is 45.7 Å². The van der Waals surface area contributed by atoms with E-state index in [0.29, 0.717) is 0 Å². The van der Waals surface area contributed by atoms with E-state index in [4.69, 9.17) is 9.72 Å².